The Balaban J connectivity index is 1.42. The predicted molar refractivity (Wildman–Crippen MR) is 220 cm³/mol. The molecule has 0 aliphatic carbocycles. The molecule has 0 unspecified atom stereocenters. The van der Waals surface area contributed by atoms with Gasteiger partial charge in [-0.1, -0.05) is 187 Å². The van der Waals surface area contributed by atoms with Gasteiger partial charge in [0.1, 0.15) is 0 Å². The highest BCUT2D eigenvalue weighted by atomic mass is 14.3. The van der Waals surface area contributed by atoms with Gasteiger partial charge in [0.25, 0.3) is 0 Å². The fourth-order valence-corrected chi connectivity index (χ4v) is 10.4. The van der Waals surface area contributed by atoms with Crippen LogP contribution >= 0.6 is 0 Å². The molecule has 0 saturated heterocycles. The van der Waals surface area contributed by atoms with Crippen molar-refractivity contribution in [3.05, 3.63) is 155 Å². The molecule has 8 aromatic carbocycles. The van der Waals surface area contributed by atoms with Gasteiger partial charge in [-0.25, -0.2) is 0 Å². The first-order valence-electron chi connectivity index (χ1n) is 18.1. The lowest BCUT2D eigenvalue weighted by molar-refractivity contribution is 1.35. The number of rotatable bonds is 2. The Labute approximate surface area is 296 Å². The topological polar surface area (TPSA) is 0 Å². The summed E-state index contributed by atoms with van der Waals surface area (Å²) in [5.41, 5.74) is 22.2. The molecular weight excluding hydrogens is 598 g/mol. The van der Waals surface area contributed by atoms with Crippen molar-refractivity contribution in [1.29, 1.82) is 0 Å². The minimum Gasteiger partial charge on any atom is -0.0663 e. The van der Waals surface area contributed by atoms with Crippen molar-refractivity contribution < 1.29 is 0 Å². The van der Waals surface area contributed by atoms with E-state index >= 15 is 0 Å². The van der Waals surface area contributed by atoms with Crippen LogP contribution in [0.2, 0.25) is 0 Å². The van der Waals surface area contributed by atoms with Gasteiger partial charge in [-0.2, -0.15) is 0 Å². The van der Waals surface area contributed by atoms with Crippen molar-refractivity contribution in [2.24, 2.45) is 0 Å². The monoisotopic (exact) mass is 636 g/mol. The first kappa shape index (κ1) is 29.6. The third kappa shape index (κ3) is 3.97. The summed E-state index contributed by atoms with van der Waals surface area (Å²) in [6.07, 6.45) is 0. The van der Waals surface area contributed by atoms with Crippen LogP contribution in [0, 0.1) is 41.5 Å². The molecule has 2 heterocycles. The van der Waals surface area contributed by atoms with Crippen molar-refractivity contribution in [2.45, 2.75) is 41.5 Å². The predicted octanol–water partition coefficient (Wildman–Crippen LogP) is 7.99. The normalized spacial score (nSPS) is 12.9. The number of fused-ring (bicyclic) bond motifs is 7. The van der Waals surface area contributed by atoms with E-state index in [0.717, 1.165) is 0 Å². The highest BCUT2D eigenvalue weighted by Gasteiger charge is 2.39. The summed E-state index contributed by atoms with van der Waals surface area (Å²) in [6.45, 7) is 14.0. The summed E-state index contributed by atoms with van der Waals surface area (Å²) in [4.78, 5) is 0. The third-order valence-corrected chi connectivity index (χ3v) is 12.0. The Morgan fingerprint density at radius 3 is 1.56 bits per heavy atom. The minimum atomic E-state index is 0.131. The molecule has 0 amide bonds. The summed E-state index contributed by atoms with van der Waals surface area (Å²) in [5.74, 6) is 0. The average Bonchev–Trinajstić information content (AvgIpc) is 3.09. The van der Waals surface area contributed by atoms with Crippen LogP contribution in [0.5, 0.6) is 0 Å². The second-order valence-electron chi connectivity index (χ2n) is 15.2. The molecule has 50 heavy (non-hydrogen) atoms. The van der Waals surface area contributed by atoms with Crippen LogP contribution in [0.3, 0.4) is 0 Å². The molecule has 8 aromatic rings. The number of aryl methyl sites for hydroxylation is 6. The van der Waals surface area contributed by atoms with E-state index in [1.54, 1.807) is 0 Å². The van der Waals surface area contributed by atoms with Crippen LogP contribution in [0.15, 0.2) is 121 Å². The van der Waals surface area contributed by atoms with Crippen LogP contribution < -0.4 is 32.8 Å². The number of hydrogen-bond acceptors (Lipinski definition) is 0. The van der Waals surface area contributed by atoms with Crippen molar-refractivity contribution in [2.75, 3.05) is 0 Å². The maximum absolute atomic E-state index is 2.62. The van der Waals surface area contributed by atoms with Gasteiger partial charge in [0.15, 0.2) is 0 Å². The fourth-order valence-electron chi connectivity index (χ4n) is 10.4. The summed E-state index contributed by atoms with van der Waals surface area (Å²) < 4.78 is 0. The zero-order valence-electron chi connectivity index (χ0n) is 29.7. The second-order valence-corrected chi connectivity index (χ2v) is 15.2. The van der Waals surface area contributed by atoms with Crippen LogP contribution in [-0.2, 0) is 0 Å². The minimum absolute atomic E-state index is 0.131. The van der Waals surface area contributed by atoms with Crippen LogP contribution in [0.1, 0.15) is 33.4 Å². The second kappa shape index (κ2) is 10.6. The molecule has 0 spiro atoms. The van der Waals surface area contributed by atoms with Crippen LogP contribution in [-0.4, -0.2) is 13.4 Å². The molecule has 236 valence electrons. The van der Waals surface area contributed by atoms with E-state index in [4.69, 9.17) is 0 Å². The summed E-state index contributed by atoms with van der Waals surface area (Å²) in [6, 6.07) is 47.0. The lowest BCUT2D eigenvalue weighted by Crippen LogP contribution is -2.58. The number of hydrogen-bond donors (Lipinski definition) is 0. The Morgan fingerprint density at radius 2 is 0.880 bits per heavy atom. The van der Waals surface area contributed by atoms with E-state index in [9.17, 15) is 0 Å². The van der Waals surface area contributed by atoms with Crippen LogP contribution in [0.25, 0.3) is 54.6 Å². The van der Waals surface area contributed by atoms with Crippen molar-refractivity contribution in [3.63, 3.8) is 0 Å². The van der Waals surface area contributed by atoms with Gasteiger partial charge in [-0.3, -0.25) is 0 Å². The summed E-state index contributed by atoms with van der Waals surface area (Å²) in [7, 11) is 0. The molecule has 0 fully saturated rings. The largest absolute Gasteiger partial charge is 0.243 e. The van der Waals surface area contributed by atoms with Crippen molar-refractivity contribution >= 4 is 78.5 Å². The van der Waals surface area contributed by atoms with Gasteiger partial charge >= 0.3 is 0 Å². The Kier molecular flexibility index (Phi) is 6.26. The molecule has 0 radical (unpaired) electrons. The van der Waals surface area contributed by atoms with E-state index in [1.807, 2.05) is 0 Å². The fraction of sp³-hybridized carbons (Fsp3) is 0.125. The molecule has 0 N–H and O–H groups in total. The molecule has 0 nitrogen and oxygen atoms in total. The molecule has 2 aliphatic heterocycles. The van der Waals surface area contributed by atoms with E-state index in [2.05, 4.69) is 163 Å². The van der Waals surface area contributed by atoms with Gasteiger partial charge < -0.3 is 0 Å². The Bertz CT molecular complexity index is 2730. The highest BCUT2D eigenvalue weighted by Crippen LogP contribution is 2.42. The molecule has 0 saturated carbocycles. The number of benzene rings is 8. The van der Waals surface area contributed by atoms with E-state index in [0.29, 0.717) is 0 Å². The first-order valence-corrected chi connectivity index (χ1v) is 18.1. The van der Waals surface area contributed by atoms with Gasteiger partial charge in [-0.05, 0) is 96.1 Å². The van der Waals surface area contributed by atoms with Crippen LogP contribution in [0.4, 0.5) is 0 Å². The average molecular weight is 636 g/mol. The molecule has 0 aromatic heterocycles. The molecule has 0 atom stereocenters. The Hall–Kier alpha value is -5.33. The standard InChI is InChI=1S/C48H38B2/c1-27-22-29(3)47(30(4)23-27)49-40-19-11-17-37-45-36-16-9-13-34-14-10-18-39(43(34)36)50(48-31(5)24-28(2)25-32(48)6)42(45)26-38(46(37)40)44-35-15-8-7-12-33(35)20-21-41(44)49/h7-26H,1-6H3. The van der Waals surface area contributed by atoms with E-state index in [-0.39, 0.29) is 13.4 Å². The SMILES string of the molecule is Cc1cc(C)c(B2c3cc4c5c(cccc5c3-c3cccc5cccc2c35)B(c2c(C)cc(C)cc2C)c2ccc3ccccc3c2-4)c(C)c1. The summed E-state index contributed by atoms with van der Waals surface area (Å²) >= 11 is 0. The maximum Gasteiger partial charge on any atom is 0.243 e. The van der Waals surface area contributed by atoms with E-state index in [1.165, 1.54) is 121 Å². The lowest BCUT2D eigenvalue weighted by atomic mass is 9.30. The molecular formula is C48H38B2. The molecule has 2 heteroatoms. The highest BCUT2D eigenvalue weighted by molar-refractivity contribution is 7.01. The quantitative estimate of drug-likeness (QED) is 0.169. The van der Waals surface area contributed by atoms with Crippen molar-refractivity contribution in [3.8, 4) is 22.3 Å². The lowest BCUT2D eigenvalue weighted by Gasteiger charge is -2.35. The van der Waals surface area contributed by atoms with Crippen molar-refractivity contribution in [1.82, 2.24) is 0 Å². The van der Waals surface area contributed by atoms with Gasteiger partial charge in [0.2, 0.25) is 13.4 Å². The van der Waals surface area contributed by atoms with E-state index < -0.39 is 0 Å². The molecule has 2 aliphatic rings. The maximum atomic E-state index is 2.62. The zero-order valence-corrected chi connectivity index (χ0v) is 29.7. The Morgan fingerprint density at radius 1 is 0.360 bits per heavy atom. The third-order valence-electron chi connectivity index (χ3n) is 12.0. The smallest absolute Gasteiger partial charge is 0.0663 e. The first-order chi connectivity index (χ1) is 24.3. The van der Waals surface area contributed by atoms with Gasteiger partial charge in [-0.15, -0.1) is 0 Å². The van der Waals surface area contributed by atoms with Gasteiger partial charge in [0.05, 0.1) is 0 Å². The van der Waals surface area contributed by atoms with Gasteiger partial charge in [0, 0.05) is 0 Å². The summed E-state index contributed by atoms with van der Waals surface area (Å²) in [5, 5.41) is 8.13. The zero-order chi connectivity index (χ0) is 34.0. The molecule has 10 rings (SSSR count). The molecule has 0 bridgehead atoms.